The summed E-state index contributed by atoms with van der Waals surface area (Å²) in [6.45, 7) is 3.88. The van der Waals surface area contributed by atoms with Gasteiger partial charge in [0.2, 0.25) is 0 Å². The predicted molar refractivity (Wildman–Crippen MR) is 73.7 cm³/mol. The fourth-order valence-electron chi connectivity index (χ4n) is 1.38. The highest BCUT2D eigenvalue weighted by Gasteiger charge is 2.10. The highest BCUT2D eigenvalue weighted by Crippen LogP contribution is 2.19. The van der Waals surface area contributed by atoms with E-state index in [9.17, 15) is 4.79 Å². The largest absolute Gasteiger partial charge is 0.307 e. The molecule has 0 atom stereocenters. The van der Waals surface area contributed by atoms with E-state index in [-0.39, 0.29) is 5.91 Å². The van der Waals surface area contributed by atoms with E-state index in [0.29, 0.717) is 11.4 Å². The Hall–Kier alpha value is -1.20. The summed E-state index contributed by atoms with van der Waals surface area (Å²) in [5, 5.41) is 6.59. The predicted octanol–water partition coefficient (Wildman–Crippen LogP) is 3.77. The first-order valence-electron chi connectivity index (χ1n) is 5.04. The van der Waals surface area contributed by atoms with Crippen molar-refractivity contribution in [3.8, 4) is 0 Å². The average Bonchev–Trinajstić information content (AvgIpc) is 2.70. The summed E-state index contributed by atoms with van der Waals surface area (Å²) in [6.07, 6.45) is 1.69. The normalized spacial score (nSPS) is 10.3. The van der Waals surface area contributed by atoms with E-state index in [2.05, 4.69) is 26.2 Å². The quantitative estimate of drug-likeness (QED) is 0.917. The van der Waals surface area contributed by atoms with Gasteiger partial charge in [-0.3, -0.25) is 4.79 Å². The molecule has 0 saturated heterocycles. The number of amides is 1. The van der Waals surface area contributed by atoms with Crippen LogP contribution in [0.5, 0.6) is 0 Å². The second-order valence-corrected chi connectivity index (χ2v) is 5.34. The Balaban J connectivity index is 2.19. The fraction of sp³-hybridized carbons (Fsp3) is 0.167. The minimum Gasteiger partial charge on any atom is -0.307 e. The van der Waals surface area contributed by atoms with Crippen molar-refractivity contribution in [2.45, 2.75) is 13.8 Å². The van der Waals surface area contributed by atoms with Crippen molar-refractivity contribution in [2.75, 3.05) is 5.32 Å². The summed E-state index contributed by atoms with van der Waals surface area (Å²) in [4.78, 5) is 16.1. The molecule has 0 unspecified atom stereocenters. The lowest BCUT2D eigenvalue weighted by molar-refractivity contribution is 0.102. The van der Waals surface area contributed by atoms with Crippen LogP contribution in [0, 0.1) is 13.8 Å². The molecule has 2 aromatic rings. The molecule has 2 aromatic heterocycles. The maximum atomic E-state index is 11.9. The van der Waals surface area contributed by atoms with Gasteiger partial charge in [-0.25, -0.2) is 4.98 Å². The van der Waals surface area contributed by atoms with Gasteiger partial charge in [-0.2, -0.15) is 11.3 Å². The van der Waals surface area contributed by atoms with Gasteiger partial charge in [-0.05, 0) is 52.4 Å². The van der Waals surface area contributed by atoms with E-state index in [1.54, 1.807) is 6.20 Å². The fourth-order valence-corrected chi connectivity index (χ4v) is 2.43. The molecule has 0 bridgehead atoms. The van der Waals surface area contributed by atoms with Crippen LogP contribution in [-0.2, 0) is 0 Å². The highest BCUT2D eigenvalue weighted by molar-refractivity contribution is 9.10. The molecule has 0 saturated carbocycles. The molecule has 0 aromatic carbocycles. The van der Waals surface area contributed by atoms with Gasteiger partial charge in [-0.1, -0.05) is 0 Å². The van der Waals surface area contributed by atoms with E-state index in [4.69, 9.17) is 0 Å². The molecular formula is C12H11BrN2OS. The highest BCUT2D eigenvalue weighted by atomic mass is 79.9. The van der Waals surface area contributed by atoms with Crippen LogP contribution >= 0.6 is 27.3 Å². The Morgan fingerprint density at radius 1 is 1.35 bits per heavy atom. The summed E-state index contributed by atoms with van der Waals surface area (Å²) in [7, 11) is 0. The number of halogens is 1. The Bertz CT molecular complexity index is 565. The van der Waals surface area contributed by atoms with Crippen molar-refractivity contribution in [1.82, 2.24) is 4.98 Å². The van der Waals surface area contributed by atoms with Gasteiger partial charge >= 0.3 is 0 Å². The Labute approximate surface area is 112 Å². The zero-order valence-corrected chi connectivity index (χ0v) is 11.9. The van der Waals surface area contributed by atoms with Gasteiger partial charge in [0.25, 0.3) is 5.91 Å². The van der Waals surface area contributed by atoms with Gasteiger partial charge < -0.3 is 5.32 Å². The monoisotopic (exact) mass is 310 g/mol. The third-order valence-electron chi connectivity index (χ3n) is 2.39. The molecule has 88 valence electrons. The number of carbonyl (C=O) groups is 1. The number of pyridine rings is 1. The van der Waals surface area contributed by atoms with Crippen molar-refractivity contribution in [3.63, 3.8) is 0 Å². The number of hydrogen-bond acceptors (Lipinski definition) is 3. The maximum absolute atomic E-state index is 11.9. The Morgan fingerprint density at radius 3 is 2.71 bits per heavy atom. The number of nitrogens with zero attached hydrogens (tertiary/aromatic N) is 1. The topological polar surface area (TPSA) is 42.0 Å². The SMILES string of the molecule is Cc1cc(NC(=O)c2cscc2C)ncc1Br. The summed E-state index contributed by atoms with van der Waals surface area (Å²) in [5.41, 5.74) is 2.73. The van der Waals surface area contributed by atoms with Gasteiger partial charge in [0.15, 0.2) is 0 Å². The Kier molecular flexibility index (Phi) is 3.59. The molecule has 2 heterocycles. The molecule has 0 aliphatic heterocycles. The van der Waals surface area contributed by atoms with Crippen molar-refractivity contribution < 1.29 is 4.79 Å². The molecule has 3 nitrogen and oxygen atoms in total. The van der Waals surface area contributed by atoms with E-state index in [1.165, 1.54) is 11.3 Å². The molecular weight excluding hydrogens is 300 g/mol. The summed E-state index contributed by atoms with van der Waals surface area (Å²) >= 11 is 4.89. The first-order valence-corrected chi connectivity index (χ1v) is 6.78. The van der Waals surface area contributed by atoms with Gasteiger partial charge in [0, 0.05) is 16.0 Å². The summed E-state index contributed by atoms with van der Waals surface area (Å²) < 4.78 is 0.933. The van der Waals surface area contributed by atoms with Gasteiger partial charge in [-0.15, -0.1) is 0 Å². The molecule has 5 heteroatoms. The number of anilines is 1. The van der Waals surface area contributed by atoms with Crippen LogP contribution in [0.4, 0.5) is 5.82 Å². The van der Waals surface area contributed by atoms with Crippen LogP contribution in [0.3, 0.4) is 0 Å². The molecule has 0 radical (unpaired) electrons. The van der Waals surface area contributed by atoms with E-state index in [0.717, 1.165) is 15.6 Å². The summed E-state index contributed by atoms with van der Waals surface area (Å²) in [5.74, 6) is 0.458. The van der Waals surface area contributed by atoms with Crippen LogP contribution in [0.1, 0.15) is 21.5 Å². The second kappa shape index (κ2) is 4.98. The number of aromatic nitrogens is 1. The van der Waals surface area contributed by atoms with Crippen LogP contribution < -0.4 is 5.32 Å². The third kappa shape index (κ3) is 2.73. The smallest absolute Gasteiger partial charge is 0.257 e. The molecule has 0 aliphatic carbocycles. The lowest BCUT2D eigenvalue weighted by Gasteiger charge is -2.05. The third-order valence-corrected chi connectivity index (χ3v) is 4.08. The van der Waals surface area contributed by atoms with Crippen LogP contribution in [0.15, 0.2) is 27.5 Å². The van der Waals surface area contributed by atoms with Gasteiger partial charge in [0.1, 0.15) is 5.82 Å². The maximum Gasteiger partial charge on any atom is 0.257 e. The number of carbonyl (C=O) groups excluding carboxylic acids is 1. The zero-order chi connectivity index (χ0) is 12.4. The lowest BCUT2D eigenvalue weighted by atomic mass is 10.2. The number of aryl methyl sites for hydroxylation is 2. The number of nitrogens with one attached hydrogen (secondary N) is 1. The van der Waals surface area contributed by atoms with Crippen molar-refractivity contribution in [1.29, 1.82) is 0 Å². The number of rotatable bonds is 2. The lowest BCUT2D eigenvalue weighted by Crippen LogP contribution is -2.13. The molecule has 0 fully saturated rings. The van der Waals surface area contributed by atoms with E-state index >= 15 is 0 Å². The van der Waals surface area contributed by atoms with Crippen molar-refractivity contribution >= 4 is 39.0 Å². The van der Waals surface area contributed by atoms with Gasteiger partial charge in [0.05, 0.1) is 5.56 Å². The molecule has 1 amide bonds. The molecule has 0 aliphatic rings. The number of thiophene rings is 1. The minimum atomic E-state index is -0.113. The van der Waals surface area contributed by atoms with E-state index < -0.39 is 0 Å². The molecule has 2 rings (SSSR count). The molecule has 17 heavy (non-hydrogen) atoms. The Morgan fingerprint density at radius 2 is 2.12 bits per heavy atom. The van der Waals surface area contributed by atoms with Crippen molar-refractivity contribution in [3.05, 3.63) is 44.2 Å². The van der Waals surface area contributed by atoms with E-state index in [1.807, 2.05) is 30.7 Å². The van der Waals surface area contributed by atoms with Crippen LogP contribution in [-0.4, -0.2) is 10.9 Å². The molecule has 1 N–H and O–H groups in total. The number of hydrogen-bond donors (Lipinski definition) is 1. The standard InChI is InChI=1S/C12H11BrN2OS/c1-7-3-11(14-4-10(7)13)15-12(16)9-6-17-5-8(9)2/h3-6H,1-2H3,(H,14,15,16). The van der Waals surface area contributed by atoms with Crippen LogP contribution in [0.2, 0.25) is 0 Å². The molecule has 0 spiro atoms. The van der Waals surface area contributed by atoms with Crippen molar-refractivity contribution in [2.24, 2.45) is 0 Å². The summed E-state index contributed by atoms with van der Waals surface area (Å²) in [6, 6.07) is 1.84. The minimum absolute atomic E-state index is 0.113. The first kappa shape index (κ1) is 12.3. The first-order chi connectivity index (χ1) is 8.08. The second-order valence-electron chi connectivity index (χ2n) is 3.74. The van der Waals surface area contributed by atoms with Crippen LogP contribution in [0.25, 0.3) is 0 Å². The average molecular weight is 311 g/mol. The zero-order valence-electron chi connectivity index (χ0n) is 9.45.